The predicted octanol–water partition coefficient (Wildman–Crippen LogP) is -1.95. The van der Waals surface area contributed by atoms with Gasteiger partial charge in [-0.25, -0.2) is 9.59 Å². The summed E-state index contributed by atoms with van der Waals surface area (Å²) in [6.45, 7) is 0.137. The van der Waals surface area contributed by atoms with Crippen LogP contribution in [-0.4, -0.2) is 44.9 Å². The molecule has 0 rings (SSSR count). The first kappa shape index (κ1) is 12.4. The van der Waals surface area contributed by atoms with Crippen molar-refractivity contribution in [2.24, 2.45) is 0 Å². The molecular weight excluding hydrogens is 200 g/mol. The first-order valence-electron chi connectivity index (χ1n) is 3.29. The summed E-state index contributed by atoms with van der Waals surface area (Å²) in [4.78, 5) is 19.3. The summed E-state index contributed by atoms with van der Waals surface area (Å²) in [5.74, 6) is -2.64. The Morgan fingerprint density at radius 3 is 2.38 bits per heavy atom. The van der Waals surface area contributed by atoms with Gasteiger partial charge in [0.15, 0.2) is 6.10 Å². The second kappa shape index (κ2) is 4.56. The number of carbonyl (C=O) groups is 2. The maximum absolute atomic E-state index is 10.7. The molecule has 0 aromatic rings. The van der Waals surface area contributed by atoms with Gasteiger partial charge in [-0.3, -0.25) is 0 Å². The third-order valence-corrected chi connectivity index (χ3v) is 1.21. The topological polar surface area (TPSA) is 104 Å². The van der Waals surface area contributed by atoms with E-state index in [2.05, 4.69) is 17.4 Å². The molecule has 6 nitrogen and oxygen atoms in total. The van der Waals surface area contributed by atoms with Crippen molar-refractivity contribution >= 4 is 24.6 Å². The smallest absolute Gasteiger partial charge is 0.356 e. The Morgan fingerprint density at radius 1 is 1.62 bits per heavy atom. The van der Waals surface area contributed by atoms with Crippen LogP contribution in [0.1, 0.15) is 6.92 Å². The lowest BCUT2D eigenvalue weighted by molar-refractivity contribution is -0.173. The van der Waals surface area contributed by atoms with Crippen molar-refractivity contribution < 1.29 is 29.6 Å². The van der Waals surface area contributed by atoms with Gasteiger partial charge in [0.05, 0.1) is 6.61 Å². The zero-order chi connectivity index (χ0) is 10.6. The maximum Gasteiger partial charge on any atom is 0.356 e. The highest BCUT2D eigenvalue weighted by Crippen LogP contribution is 2.10. The van der Waals surface area contributed by atoms with E-state index in [9.17, 15) is 9.59 Å². The highest BCUT2D eigenvalue weighted by Gasteiger charge is 2.31. The van der Waals surface area contributed by atoms with Crippen LogP contribution in [0.25, 0.3) is 0 Å². The van der Waals surface area contributed by atoms with Crippen molar-refractivity contribution in [3.63, 3.8) is 0 Å². The summed E-state index contributed by atoms with van der Waals surface area (Å²) in [5.41, 5.74) is 0. The Labute approximate surface area is 79.5 Å². The quantitative estimate of drug-likeness (QED) is 0.187. The SMILES string of the molecule is CC(O)(S)C(=O)OC(=O)C(O)CO. The number of aliphatic hydroxyl groups excluding tert-OH is 2. The number of aliphatic hydroxyl groups is 3. The minimum atomic E-state index is -2.11. The van der Waals surface area contributed by atoms with Crippen LogP contribution in [0.3, 0.4) is 0 Å². The molecule has 0 heterocycles. The summed E-state index contributed by atoms with van der Waals surface area (Å²) in [7, 11) is 0. The second-order valence-electron chi connectivity index (χ2n) is 2.43. The number of esters is 2. The molecule has 7 heteroatoms. The van der Waals surface area contributed by atoms with Gasteiger partial charge < -0.3 is 20.1 Å². The molecule has 3 N–H and O–H groups in total. The molecule has 0 saturated heterocycles. The molecule has 76 valence electrons. The van der Waals surface area contributed by atoms with Crippen molar-refractivity contribution in [3.8, 4) is 0 Å². The molecule has 0 amide bonds. The van der Waals surface area contributed by atoms with Crippen molar-refractivity contribution in [2.45, 2.75) is 18.0 Å². The molecule has 0 aromatic heterocycles. The van der Waals surface area contributed by atoms with Gasteiger partial charge in [-0.05, 0) is 6.92 Å². The standard InChI is InChI=1S/C6H10O6S/c1-6(11,13)5(10)12-4(9)3(8)2-7/h3,7-8,11,13H,2H2,1H3. The monoisotopic (exact) mass is 210 g/mol. The zero-order valence-corrected chi connectivity index (χ0v) is 7.69. The lowest BCUT2D eigenvalue weighted by Crippen LogP contribution is -2.37. The van der Waals surface area contributed by atoms with Crippen molar-refractivity contribution in [1.29, 1.82) is 0 Å². The van der Waals surface area contributed by atoms with Crippen molar-refractivity contribution in [2.75, 3.05) is 6.61 Å². The minimum Gasteiger partial charge on any atom is -0.393 e. The van der Waals surface area contributed by atoms with E-state index < -0.39 is 29.6 Å². The van der Waals surface area contributed by atoms with Gasteiger partial charge in [-0.15, -0.1) is 12.6 Å². The fourth-order valence-corrected chi connectivity index (χ4v) is 0.376. The molecule has 13 heavy (non-hydrogen) atoms. The van der Waals surface area contributed by atoms with E-state index in [1.165, 1.54) is 0 Å². The number of carbonyl (C=O) groups excluding carboxylic acids is 2. The fraction of sp³-hybridized carbons (Fsp3) is 0.667. The average molecular weight is 210 g/mol. The van der Waals surface area contributed by atoms with Gasteiger partial charge in [0.2, 0.25) is 4.93 Å². The van der Waals surface area contributed by atoms with E-state index in [0.29, 0.717) is 0 Å². The number of hydrogen-bond donors (Lipinski definition) is 4. The van der Waals surface area contributed by atoms with Crippen LogP contribution in [-0.2, 0) is 14.3 Å². The lowest BCUT2D eigenvalue weighted by Gasteiger charge is -2.14. The van der Waals surface area contributed by atoms with E-state index in [1.54, 1.807) is 0 Å². The van der Waals surface area contributed by atoms with Crippen molar-refractivity contribution in [1.82, 2.24) is 0 Å². The molecule has 0 aliphatic heterocycles. The first-order chi connectivity index (χ1) is 5.79. The normalized spacial score (nSPS) is 17.3. The summed E-state index contributed by atoms with van der Waals surface area (Å²) in [5, 5.41) is 25.8. The Morgan fingerprint density at radius 2 is 2.08 bits per heavy atom. The molecule has 0 spiro atoms. The Hall–Kier alpha value is -0.630. The van der Waals surface area contributed by atoms with Crippen LogP contribution < -0.4 is 0 Å². The molecule has 2 atom stereocenters. The number of rotatable bonds is 3. The molecule has 0 aliphatic carbocycles. The molecule has 0 saturated carbocycles. The minimum absolute atomic E-state index is 0.860. The molecule has 0 aromatic carbocycles. The van der Waals surface area contributed by atoms with Gasteiger partial charge in [-0.1, -0.05) is 0 Å². The first-order valence-corrected chi connectivity index (χ1v) is 3.73. The van der Waals surface area contributed by atoms with E-state index >= 15 is 0 Å². The maximum atomic E-state index is 10.7. The molecule has 0 bridgehead atoms. The van der Waals surface area contributed by atoms with Crippen molar-refractivity contribution in [3.05, 3.63) is 0 Å². The lowest BCUT2D eigenvalue weighted by atomic mass is 10.4. The van der Waals surface area contributed by atoms with Crippen LogP contribution >= 0.6 is 12.6 Å². The van der Waals surface area contributed by atoms with Crippen LogP contribution in [0.5, 0.6) is 0 Å². The number of thiol groups is 1. The molecule has 2 unspecified atom stereocenters. The summed E-state index contributed by atoms with van der Waals surface area (Å²) < 4.78 is 3.95. The molecule has 0 radical (unpaired) electrons. The van der Waals surface area contributed by atoms with E-state index in [4.69, 9.17) is 15.3 Å². The Bertz CT molecular complexity index is 208. The highest BCUT2D eigenvalue weighted by molar-refractivity contribution is 7.82. The van der Waals surface area contributed by atoms with Gasteiger partial charge in [0.25, 0.3) is 0 Å². The third kappa shape index (κ3) is 4.23. The van der Waals surface area contributed by atoms with Gasteiger partial charge in [0.1, 0.15) is 0 Å². The average Bonchev–Trinajstić information content (AvgIpc) is 2.01. The fourth-order valence-electron chi connectivity index (χ4n) is 0.331. The molecule has 0 fully saturated rings. The van der Waals surface area contributed by atoms with E-state index in [1.807, 2.05) is 0 Å². The number of ether oxygens (including phenoxy) is 1. The second-order valence-corrected chi connectivity index (χ2v) is 3.30. The van der Waals surface area contributed by atoms with Crippen LogP contribution in [0.15, 0.2) is 0 Å². The van der Waals surface area contributed by atoms with E-state index in [-0.39, 0.29) is 0 Å². The van der Waals surface area contributed by atoms with Gasteiger partial charge in [-0.2, -0.15) is 0 Å². The predicted molar refractivity (Wildman–Crippen MR) is 43.8 cm³/mol. The van der Waals surface area contributed by atoms with Gasteiger partial charge in [0, 0.05) is 0 Å². The molecule has 0 aliphatic rings. The molecular formula is C6H10O6S. The van der Waals surface area contributed by atoms with Gasteiger partial charge >= 0.3 is 11.9 Å². The van der Waals surface area contributed by atoms with Crippen LogP contribution in [0, 0.1) is 0 Å². The Balaban J connectivity index is 4.16. The Kier molecular flexibility index (Phi) is 4.34. The number of hydrogen-bond acceptors (Lipinski definition) is 7. The zero-order valence-electron chi connectivity index (χ0n) is 6.80. The van der Waals surface area contributed by atoms with E-state index in [0.717, 1.165) is 6.92 Å². The third-order valence-electron chi connectivity index (χ3n) is 1.03. The largest absolute Gasteiger partial charge is 0.393 e. The van der Waals surface area contributed by atoms with Crippen LogP contribution in [0.4, 0.5) is 0 Å². The van der Waals surface area contributed by atoms with Crippen LogP contribution in [0.2, 0.25) is 0 Å². The highest BCUT2D eigenvalue weighted by atomic mass is 32.1. The summed E-state index contributed by atoms with van der Waals surface area (Å²) in [6, 6.07) is 0. The summed E-state index contributed by atoms with van der Waals surface area (Å²) >= 11 is 3.41. The summed E-state index contributed by atoms with van der Waals surface area (Å²) in [6.07, 6.45) is -1.79.